The van der Waals surface area contributed by atoms with Gasteiger partial charge in [-0.05, 0) is 5.56 Å². The van der Waals surface area contributed by atoms with E-state index in [0.29, 0.717) is 13.0 Å². The van der Waals surface area contributed by atoms with Crippen LogP contribution >= 0.6 is 0 Å². The molecule has 1 aromatic heterocycles. The second kappa shape index (κ2) is 6.65. The Morgan fingerprint density at radius 3 is 2.79 bits per heavy atom. The third-order valence-electron chi connectivity index (χ3n) is 2.75. The van der Waals surface area contributed by atoms with Crippen LogP contribution in [0.25, 0.3) is 0 Å². The highest BCUT2D eigenvalue weighted by atomic mass is 16.3. The average molecular weight is 260 g/mol. The van der Waals surface area contributed by atoms with Gasteiger partial charge < -0.3 is 10.4 Å². The molecule has 2 rings (SSSR count). The summed E-state index contributed by atoms with van der Waals surface area (Å²) in [6.07, 6.45) is 3.29. The number of carbonyl (C=O) groups excluding carboxylic acids is 1. The van der Waals surface area contributed by atoms with Crippen LogP contribution in [0.1, 0.15) is 18.0 Å². The summed E-state index contributed by atoms with van der Waals surface area (Å²) in [6.45, 7) is 0.345. The second-order valence-corrected chi connectivity index (χ2v) is 4.12. The predicted molar refractivity (Wildman–Crippen MR) is 69.1 cm³/mol. The van der Waals surface area contributed by atoms with Crippen molar-refractivity contribution in [1.82, 2.24) is 20.1 Å². The predicted octanol–water partition coefficient (Wildman–Crippen LogP) is 0.518. The van der Waals surface area contributed by atoms with Crippen molar-refractivity contribution in [1.29, 1.82) is 0 Å². The Balaban J connectivity index is 1.86. The third kappa shape index (κ3) is 3.89. The summed E-state index contributed by atoms with van der Waals surface area (Å²) in [4.78, 5) is 15.6. The lowest BCUT2D eigenvalue weighted by Crippen LogP contribution is -2.31. The van der Waals surface area contributed by atoms with Crippen LogP contribution in [-0.2, 0) is 11.3 Å². The highest BCUT2D eigenvalue weighted by Gasteiger charge is 2.13. The molecule has 0 saturated heterocycles. The van der Waals surface area contributed by atoms with E-state index in [1.807, 2.05) is 30.3 Å². The van der Waals surface area contributed by atoms with Crippen LogP contribution in [0, 0.1) is 0 Å². The molecule has 0 bridgehead atoms. The fourth-order valence-electron chi connectivity index (χ4n) is 1.75. The number of hydrogen-bond donors (Lipinski definition) is 2. The standard InChI is InChI=1S/C13H16N4O2/c18-8-12(11-4-2-1-3-5-11)16-13(19)6-7-17-10-14-9-15-17/h1-5,9-10,12,18H,6-8H2,(H,16,19)/t12-/m1/s1. The average Bonchev–Trinajstić information content (AvgIpc) is 2.97. The molecule has 0 unspecified atom stereocenters. The number of carbonyl (C=O) groups is 1. The molecule has 0 saturated carbocycles. The summed E-state index contributed by atoms with van der Waals surface area (Å²) in [5.41, 5.74) is 0.888. The molecule has 100 valence electrons. The first-order valence-corrected chi connectivity index (χ1v) is 6.07. The number of amides is 1. The van der Waals surface area contributed by atoms with Gasteiger partial charge in [0.15, 0.2) is 0 Å². The van der Waals surface area contributed by atoms with E-state index in [2.05, 4.69) is 15.4 Å². The summed E-state index contributed by atoms with van der Waals surface area (Å²) in [5, 5.41) is 16.1. The number of aromatic nitrogens is 3. The highest BCUT2D eigenvalue weighted by molar-refractivity contribution is 5.76. The molecule has 1 aromatic carbocycles. The van der Waals surface area contributed by atoms with E-state index in [1.54, 1.807) is 11.0 Å². The molecule has 1 amide bonds. The van der Waals surface area contributed by atoms with Gasteiger partial charge in [0.2, 0.25) is 5.91 Å². The first kappa shape index (κ1) is 13.2. The molecule has 0 fully saturated rings. The molecule has 6 heteroatoms. The van der Waals surface area contributed by atoms with Gasteiger partial charge in [-0.3, -0.25) is 9.48 Å². The Bertz CT molecular complexity index is 499. The largest absolute Gasteiger partial charge is 0.394 e. The third-order valence-corrected chi connectivity index (χ3v) is 2.75. The lowest BCUT2D eigenvalue weighted by molar-refractivity contribution is -0.122. The van der Waals surface area contributed by atoms with Gasteiger partial charge in [-0.15, -0.1) is 0 Å². The molecule has 0 aliphatic heterocycles. The van der Waals surface area contributed by atoms with E-state index < -0.39 is 0 Å². The number of nitrogens with zero attached hydrogens (tertiary/aromatic N) is 3. The number of nitrogens with one attached hydrogen (secondary N) is 1. The fraction of sp³-hybridized carbons (Fsp3) is 0.308. The summed E-state index contributed by atoms with van der Waals surface area (Å²) < 4.78 is 1.59. The van der Waals surface area contributed by atoms with Gasteiger partial charge in [-0.1, -0.05) is 30.3 Å². The van der Waals surface area contributed by atoms with Gasteiger partial charge in [0.05, 0.1) is 19.2 Å². The van der Waals surface area contributed by atoms with Gasteiger partial charge in [0, 0.05) is 6.42 Å². The van der Waals surface area contributed by atoms with Crippen molar-refractivity contribution < 1.29 is 9.90 Å². The Morgan fingerprint density at radius 1 is 1.37 bits per heavy atom. The summed E-state index contributed by atoms with van der Waals surface area (Å²) in [7, 11) is 0. The summed E-state index contributed by atoms with van der Waals surface area (Å²) >= 11 is 0. The van der Waals surface area contributed by atoms with Crippen molar-refractivity contribution in [2.45, 2.75) is 19.0 Å². The van der Waals surface area contributed by atoms with Gasteiger partial charge in [-0.25, -0.2) is 4.98 Å². The first-order valence-electron chi connectivity index (χ1n) is 6.07. The maximum atomic E-state index is 11.8. The van der Waals surface area contributed by atoms with E-state index in [1.165, 1.54) is 6.33 Å². The van der Waals surface area contributed by atoms with Gasteiger partial charge in [0.25, 0.3) is 0 Å². The number of aliphatic hydroxyl groups is 1. The Hall–Kier alpha value is -2.21. The van der Waals surface area contributed by atoms with E-state index in [-0.39, 0.29) is 18.6 Å². The zero-order valence-electron chi connectivity index (χ0n) is 10.4. The van der Waals surface area contributed by atoms with Gasteiger partial charge >= 0.3 is 0 Å². The van der Waals surface area contributed by atoms with Gasteiger partial charge in [0.1, 0.15) is 12.7 Å². The number of aliphatic hydroxyl groups excluding tert-OH is 1. The van der Waals surface area contributed by atoms with Crippen molar-refractivity contribution in [3.63, 3.8) is 0 Å². The van der Waals surface area contributed by atoms with E-state index >= 15 is 0 Å². The molecular formula is C13H16N4O2. The Morgan fingerprint density at radius 2 is 2.16 bits per heavy atom. The molecule has 6 nitrogen and oxygen atoms in total. The molecule has 0 spiro atoms. The van der Waals surface area contributed by atoms with Crippen LogP contribution in [-0.4, -0.2) is 32.4 Å². The van der Waals surface area contributed by atoms with Crippen LogP contribution in [0.3, 0.4) is 0 Å². The van der Waals surface area contributed by atoms with Crippen LogP contribution in [0.4, 0.5) is 0 Å². The van der Waals surface area contributed by atoms with E-state index in [0.717, 1.165) is 5.56 Å². The summed E-state index contributed by atoms with van der Waals surface area (Å²) in [6, 6.07) is 9.02. The molecule has 1 heterocycles. The summed E-state index contributed by atoms with van der Waals surface area (Å²) in [5.74, 6) is -0.126. The molecule has 2 aromatic rings. The van der Waals surface area contributed by atoms with Crippen LogP contribution in [0.2, 0.25) is 0 Å². The zero-order chi connectivity index (χ0) is 13.5. The van der Waals surface area contributed by atoms with Crippen LogP contribution in [0.15, 0.2) is 43.0 Å². The van der Waals surface area contributed by atoms with Crippen molar-refractivity contribution in [3.8, 4) is 0 Å². The molecule has 1 atom stereocenters. The van der Waals surface area contributed by atoms with Crippen molar-refractivity contribution >= 4 is 5.91 Å². The highest BCUT2D eigenvalue weighted by Crippen LogP contribution is 2.11. The molecule has 19 heavy (non-hydrogen) atoms. The van der Waals surface area contributed by atoms with E-state index in [4.69, 9.17) is 0 Å². The van der Waals surface area contributed by atoms with Crippen molar-refractivity contribution in [3.05, 3.63) is 48.5 Å². The topological polar surface area (TPSA) is 80.0 Å². The quantitative estimate of drug-likeness (QED) is 0.793. The Labute approximate surface area is 111 Å². The second-order valence-electron chi connectivity index (χ2n) is 4.12. The minimum absolute atomic E-state index is 0.126. The minimum atomic E-state index is -0.371. The first-order chi connectivity index (χ1) is 9.29. The lowest BCUT2D eigenvalue weighted by atomic mass is 10.1. The molecular weight excluding hydrogens is 244 g/mol. The Kier molecular flexibility index (Phi) is 4.63. The monoisotopic (exact) mass is 260 g/mol. The normalized spacial score (nSPS) is 12.1. The number of aryl methyl sites for hydroxylation is 1. The van der Waals surface area contributed by atoms with Crippen LogP contribution in [0.5, 0.6) is 0 Å². The molecule has 0 aliphatic rings. The minimum Gasteiger partial charge on any atom is -0.394 e. The van der Waals surface area contributed by atoms with Crippen molar-refractivity contribution in [2.75, 3.05) is 6.61 Å². The SMILES string of the molecule is O=C(CCn1cncn1)N[C@H](CO)c1ccccc1. The molecule has 0 aliphatic carbocycles. The van der Waals surface area contributed by atoms with Gasteiger partial charge in [-0.2, -0.15) is 5.10 Å². The molecule has 2 N–H and O–H groups in total. The lowest BCUT2D eigenvalue weighted by Gasteiger charge is -2.16. The van der Waals surface area contributed by atoms with Crippen LogP contribution < -0.4 is 5.32 Å². The maximum absolute atomic E-state index is 11.8. The van der Waals surface area contributed by atoms with E-state index in [9.17, 15) is 9.90 Å². The van der Waals surface area contributed by atoms with Crippen molar-refractivity contribution in [2.24, 2.45) is 0 Å². The smallest absolute Gasteiger partial charge is 0.222 e. The maximum Gasteiger partial charge on any atom is 0.222 e. The molecule has 0 radical (unpaired) electrons. The zero-order valence-corrected chi connectivity index (χ0v) is 10.4. The number of hydrogen-bond acceptors (Lipinski definition) is 4. The number of benzene rings is 1. The number of rotatable bonds is 6. The fourth-order valence-corrected chi connectivity index (χ4v) is 1.75.